The van der Waals surface area contributed by atoms with Gasteiger partial charge in [-0.2, -0.15) is 5.10 Å². The second-order valence-electron chi connectivity index (χ2n) is 5.21. The highest BCUT2D eigenvalue weighted by atomic mass is 32.1. The fourth-order valence-electron chi connectivity index (χ4n) is 1.87. The zero-order chi connectivity index (χ0) is 15.8. The van der Waals surface area contributed by atoms with E-state index in [2.05, 4.69) is 51.9 Å². The Kier molecular flexibility index (Phi) is 6.39. The molecule has 0 aliphatic heterocycles. The molecule has 0 spiro atoms. The zero-order valence-corrected chi connectivity index (χ0v) is 14.2. The first kappa shape index (κ1) is 16.5. The minimum Gasteiger partial charge on any atom is -0.357 e. The number of rotatable bonds is 7. The highest BCUT2D eigenvalue weighted by Gasteiger charge is 2.05. The van der Waals surface area contributed by atoms with Gasteiger partial charge in [0.15, 0.2) is 5.96 Å². The van der Waals surface area contributed by atoms with Crippen LogP contribution in [0.25, 0.3) is 0 Å². The summed E-state index contributed by atoms with van der Waals surface area (Å²) in [5, 5.41) is 13.9. The summed E-state index contributed by atoms with van der Waals surface area (Å²) in [6, 6.07) is 1.92. The summed E-state index contributed by atoms with van der Waals surface area (Å²) in [6.45, 7) is 9.41. The average molecular weight is 320 g/mol. The quantitative estimate of drug-likeness (QED) is 0.606. The number of nitrogens with one attached hydrogen (secondary N) is 2. The molecular weight excluding hydrogens is 296 g/mol. The predicted octanol–water partition coefficient (Wildman–Crippen LogP) is 2.22. The lowest BCUT2D eigenvalue weighted by Crippen LogP contribution is -2.38. The van der Waals surface area contributed by atoms with E-state index >= 15 is 0 Å². The molecule has 120 valence electrons. The topological polar surface area (TPSA) is 67.1 Å². The number of hydrogen-bond donors (Lipinski definition) is 2. The lowest BCUT2D eigenvalue weighted by Gasteiger charge is -2.10. The molecule has 0 fully saturated rings. The molecule has 0 unspecified atom stereocenters. The molecule has 2 N–H and O–H groups in total. The number of thiazole rings is 1. The lowest BCUT2D eigenvalue weighted by atomic mass is 10.2. The van der Waals surface area contributed by atoms with Gasteiger partial charge in [0, 0.05) is 30.9 Å². The number of hydrogen-bond acceptors (Lipinski definition) is 4. The van der Waals surface area contributed by atoms with Crippen LogP contribution in [0.2, 0.25) is 0 Å². The molecule has 22 heavy (non-hydrogen) atoms. The standard InChI is InChI=1S/C15H24N6S/c1-4-16-15(17-7-9-21-8-5-6-19-21)18-10-14-20-13(11-22-14)12(2)3/h5-6,8,11-12H,4,7,9-10H2,1-3H3,(H2,16,17,18). The van der Waals surface area contributed by atoms with Crippen LogP contribution in [0.3, 0.4) is 0 Å². The van der Waals surface area contributed by atoms with Crippen molar-refractivity contribution in [2.75, 3.05) is 13.1 Å². The molecule has 6 nitrogen and oxygen atoms in total. The van der Waals surface area contributed by atoms with E-state index in [9.17, 15) is 0 Å². The third kappa shape index (κ3) is 5.14. The summed E-state index contributed by atoms with van der Waals surface area (Å²) >= 11 is 1.67. The van der Waals surface area contributed by atoms with Crippen molar-refractivity contribution >= 4 is 17.3 Å². The van der Waals surface area contributed by atoms with E-state index in [1.165, 1.54) is 0 Å². The number of guanidine groups is 1. The van der Waals surface area contributed by atoms with E-state index in [4.69, 9.17) is 0 Å². The van der Waals surface area contributed by atoms with Crippen molar-refractivity contribution in [3.05, 3.63) is 34.5 Å². The summed E-state index contributed by atoms with van der Waals surface area (Å²) in [4.78, 5) is 9.19. The van der Waals surface area contributed by atoms with Gasteiger partial charge in [0.2, 0.25) is 0 Å². The summed E-state index contributed by atoms with van der Waals surface area (Å²) in [7, 11) is 0. The van der Waals surface area contributed by atoms with Gasteiger partial charge in [-0.3, -0.25) is 4.68 Å². The van der Waals surface area contributed by atoms with Crippen molar-refractivity contribution in [2.24, 2.45) is 4.99 Å². The lowest BCUT2D eigenvalue weighted by molar-refractivity contribution is 0.598. The molecule has 2 rings (SSSR count). The summed E-state index contributed by atoms with van der Waals surface area (Å²) < 4.78 is 1.90. The number of nitrogens with zero attached hydrogens (tertiary/aromatic N) is 4. The van der Waals surface area contributed by atoms with Crippen LogP contribution in [0.15, 0.2) is 28.8 Å². The van der Waals surface area contributed by atoms with Crippen molar-refractivity contribution < 1.29 is 0 Å². The second-order valence-corrected chi connectivity index (χ2v) is 6.15. The maximum Gasteiger partial charge on any atom is 0.191 e. The first-order valence-corrected chi connectivity index (χ1v) is 8.51. The largest absolute Gasteiger partial charge is 0.357 e. The van der Waals surface area contributed by atoms with Crippen LogP contribution < -0.4 is 10.6 Å². The fraction of sp³-hybridized carbons (Fsp3) is 0.533. The van der Waals surface area contributed by atoms with Gasteiger partial charge in [-0.05, 0) is 18.9 Å². The summed E-state index contributed by atoms with van der Waals surface area (Å²) in [5.41, 5.74) is 1.15. The Balaban J connectivity index is 1.85. The van der Waals surface area contributed by atoms with Gasteiger partial charge in [-0.1, -0.05) is 13.8 Å². The summed E-state index contributed by atoms with van der Waals surface area (Å²) in [5.74, 6) is 1.28. The van der Waals surface area contributed by atoms with Gasteiger partial charge in [0.25, 0.3) is 0 Å². The van der Waals surface area contributed by atoms with Crippen molar-refractivity contribution in [2.45, 2.75) is 39.8 Å². The smallest absolute Gasteiger partial charge is 0.191 e. The Morgan fingerprint density at radius 1 is 1.41 bits per heavy atom. The number of aliphatic imine (C=N–C) groups is 1. The van der Waals surface area contributed by atoms with Crippen LogP contribution >= 0.6 is 11.3 Å². The maximum atomic E-state index is 4.60. The van der Waals surface area contributed by atoms with E-state index in [0.29, 0.717) is 12.5 Å². The molecule has 0 saturated heterocycles. The van der Waals surface area contributed by atoms with Gasteiger partial charge < -0.3 is 10.6 Å². The molecule has 0 aliphatic rings. The summed E-state index contributed by atoms with van der Waals surface area (Å²) in [6.07, 6.45) is 3.74. The van der Waals surface area contributed by atoms with Gasteiger partial charge >= 0.3 is 0 Å². The van der Waals surface area contributed by atoms with Crippen LogP contribution in [-0.4, -0.2) is 33.8 Å². The maximum absolute atomic E-state index is 4.60. The fourth-order valence-corrected chi connectivity index (χ4v) is 2.75. The molecule has 0 aliphatic carbocycles. The van der Waals surface area contributed by atoms with Crippen molar-refractivity contribution in [1.29, 1.82) is 0 Å². The molecule has 0 aromatic carbocycles. The first-order chi connectivity index (χ1) is 10.7. The third-order valence-corrected chi connectivity index (χ3v) is 3.92. The van der Waals surface area contributed by atoms with Crippen LogP contribution in [0, 0.1) is 0 Å². The first-order valence-electron chi connectivity index (χ1n) is 7.63. The van der Waals surface area contributed by atoms with Crippen molar-refractivity contribution in [3.63, 3.8) is 0 Å². The van der Waals surface area contributed by atoms with Gasteiger partial charge in [0.05, 0.1) is 18.8 Å². The van der Waals surface area contributed by atoms with Gasteiger partial charge in [-0.15, -0.1) is 11.3 Å². The van der Waals surface area contributed by atoms with E-state index < -0.39 is 0 Å². The molecule has 7 heteroatoms. The minimum absolute atomic E-state index is 0.467. The molecule has 0 bridgehead atoms. The van der Waals surface area contributed by atoms with E-state index in [-0.39, 0.29) is 0 Å². The van der Waals surface area contributed by atoms with Gasteiger partial charge in [0.1, 0.15) is 5.01 Å². The Bertz CT molecular complexity index is 573. The SMILES string of the molecule is CCNC(=NCc1nc(C(C)C)cs1)NCCn1cccn1. The monoisotopic (exact) mass is 320 g/mol. The molecule has 2 aromatic heterocycles. The minimum atomic E-state index is 0.467. The van der Waals surface area contributed by atoms with E-state index in [0.717, 1.165) is 36.3 Å². The Morgan fingerprint density at radius 3 is 2.91 bits per heavy atom. The highest BCUT2D eigenvalue weighted by Crippen LogP contribution is 2.18. The van der Waals surface area contributed by atoms with Crippen LogP contribution in [0.4, 0.5) is 0 Å². The van der Waals surface area contributed by atoms with E-state index in [1.54, 1.807) is 17.5 Å². The molecular formula is C15H24N6S. The van der Waals surface area contributed by atoms with Crippen LogP contribution in [-0.2, 0) is 13.1 Å². The molecule has 0 atom stereocenters. The Morgan fingerprint density at radius 2 is 2.27 bits per heavy atom. The Hall–Kier alpha value is -1.89. The van der Waals surface area contributed by atoms with Crippen molar-refractivity contribution in [3.8, 4) is 0 Å². The van der Waals surface area contributed by atoms with Crippen molar-refractivity contribution in [1.82, 2.24) is 25.4 Å². The molecule has 0 amide bonds. The van der Waals surface area contributed by atoms with Crippen LogP contribution in [0.5, 0.6) is 0 Å². The zero-order valence-electron chi connectivity index (χ0n) is 13.4. The third-order valence-electron chi connectivity index (χ3n) is 3.07. The highest BCUT2D eigenvalue weighted by molar-refractivity contribution is 7.09. The normalized spacial score (nSPS) is 11.9. The molecule has 2 heterocycles. The molecule has 0 radical (unpaired) electrons. The molecule has 2 aromatic rings. The molecule has 0 saturated carbocycles. The van der Waals surface area contributed by atoms with Gasteiger partial charge in [-0.25, -0.2) is 9.98 Å². The van der Waals surface area contributed by atoms with E-state index in [1.807, 2.05) is 16.9 Å². The number of aromatic nitrogens is 3. The Labute approximate surface area is 135 Å². The van der Waals surface area contributed by atoms with Crippen LogP contribution in [0.1, 0.15) is 37.4 Å². The average Bonchev–Trinajstić information content (AvgIpc) is 3.16. The second kappa shape index (κ2) is 8.53. The predicted molar refractivity (Wildman–Crippen MR) is 91.2 cm³/mol.